The number of fused-ring (bicyclic) bond motifs is 1. The van der Waals surface area contributed by atoms with Crippen molar-refractivity contribution in [2.75, 3.05) is 11.1 Å². The first kappa shape index (κ1) is 21.4. The van der Waals surface area contributed by atoms with Gasteiger partial charge in [0.05, 0.1) is 38.1 Å². The van der Waals surface area contributed by atoms with E-state index in [4.69, 9.17) is 23.2 Å². The molecule has 4 rings (SSSR count). The van der Waals surface area contributed by atoms with E-state index in [2.05, 4.69) is 10.3 Å². The number of halogens is 2. The second-order valence-electron chi connectivity index (χ2n) is 6.83. The van der Waals surface area contributed by atoms with Crippen molar-refractivity contribution in [3.63, 3.8) is 0 Å². The molecule has 0 aliphatic carbocycles. The molecule has 4 aromatic rings. The number of benzene rings is 3. The highest BCUT2D eigenvalue weighted by atomic mass is 35.5. The molecule has 1 N–H and O–H groups in total. The normalized spacial score (nSPS) is 10.9. The number of nitrogens with one attached hydrogen (secondary N) is 1. The molecule has 1 aromatic heterocycles. The lowest BCUT2D eigenvalue weighted by Crippen LogP contribution is -2.23. The molecule has 5 nitrogen and oxygen atoms in total. The summed E-state index contributed by atoms with van der Waals surface area (Å²) in [6, 6.07) is 19.8. The van der Waals surface area contributed by atoms with E-state index in [0.717, 1.165) is 5.56 Å². The topological polar surface area (TPSA) is 64.0 Å². The van der Waals surface area contributed by atoms with Gasteiger partial charge in [0.2, 0.25) is 5.91 Å². The lowest BCUT2D eigenvalue weighted by molar-refractivity contribution is -0.113. The molecular weight excluding hydrogens is 453 g/mol. The number of rotatable bonds is 5. The highest BCUT2D eigenvalue weighted by Crippen LogP contribution is 2.30. The van der Waals surface area contributed by atoms with Crippen LogP contribution in [0.3, 0.4) is 0 Å². The van der Waals surface area contributed by atoms with Crippen LogP contribution in [0.25, 0.3) is 16.6 Å². The summed E-state index contributed by atoms with van der Waals surface area (Å²) in [6.07, 6.45) is 0. The SMILES string of the molecule is Cc1cccc(-n2c(SCC(=O)Nc3cccc(Cl)c3Cl)nc3ccccc3c2=O)c1. The van der Waals surface area contributed by atoms with E-state index in [-0.39, 0.29) is 22.2 Å². The molecule has 0 aliphatic rings. The third-order valence-electron chi connectivity index (χ3n) is 4.56. The minimum atomic E-state index is -0.285. The third kappa shape index (κ3) is 4.61. The molecule has 3 aromatic carbocycles. The monoisotopic (exact) mass is 469 g/mol. The number of hydrogen-bond acceptors (Lipinski definition) is 4. The summed E-state index contributed by atoms with van der Waals surface area (Å²) in [5.41, 5.74) is 2.54. The number of carbonyl (C=O) groups excluding carboxylic acids is 1. The zero-order chi connectivity index (χ0) is 22.0. The van der Waals surface area contributed by atoms with Gasteiger partial charge in [-0.25, -0.2) is 4.98 Å². The minimum absolute atomic E-state index is 0.0411. The quantitative estimate of drug-likeness (QED) is 0.299. The highest BCUT2D eigenvalue weighted by Gasteiger charge is 2.16. The summed E-state index contributed by atoms with van der Waals surface area (Å²) in [5.74, 6) is -0.244. The van der Waals surface area contributed by atoms with Crippen molar-refractivity contribution in [3.8, 4) is 5.69 Å². The molecule has 8 heteroatoms. The van der Waals surface area contributed by atoms with Crippen LogP contribution in [0, 0.1) is 6.92 Å². The largest absolute Gasteiger partial charge is 0.324 e. The van der Waals surface area contributed by atoms with Crippen LogP contribution in [0.15, 0.2) is 76.7 Å². The van der Waals surface area contributed by atoms with Gasteiger partial charge in [0, 0.05) is 0 Å². The van der Waals surface area contributed by atoms with Gasteiger partial charge < -0.3 is 5.32 Å². The predicted octanol–water partition coefficient (Wildman–Crippen LogP) is 5.73. The molecule has 1 amide bonds. The molecule has 0 aliphatic heterocycles. The Hall–Kier alpha value is -2.80. The van der Waals surface area contributed by atoms with Crippen LogP contribution < -0.4 is 10.9 Å². The molecule has 0 spiro atoms. The number of amides is 1. The van der Waals surface area contributed by atoms with Gasteiger partial charge in [-0.2, -0.15) is 0 Å². The first-order valence-electron chi connectivity index (χ1n) is 9.39. The maximum atomic E-state index is 13.3. The Morgan fingerprint density at radius 2 is 1.84 bits per heavy atom. The van der Waals surface area contributed by atoms with E-state index < -0.39 is 0 Å². The van der Waals surface area contributed by atoms with Crippen LogP contribution in [-0.2, 0) is 4.79 Å². The summed E-state index contributed by atoms with van der Waals surface area (Å²) in [6.45, 7) is 1.96. The summed E-state index contributed by atoms with van der Waals surface area (Å²) >= 11 is 13.3. The number of aryl methyl sites for hydroxylation is 1. The van der Waals surface area contributed by atoms with Gasteiger partial charge in [-0.05, 0) is 48.9 Å². The molecule has 0 atom stereocenters. The Labute approximate surface area is 193 Å². The number of para-hydroxylation sites is 1. The second-order valence-corrected chi connectivity index (χ2v) is 8.56. The number of anilines is 1. The second kappa shape index (κ2) is 9.14. The first-order chi connectivity index (χ1) is 14.9. The van der Waals surface area contributed by atoms with Crippen LogP contribution in [0.2, 0.25) is 10.0 Å². The standard InChI is InChI=1S/C23H17Cl2N3O2S/c1-14-6-4-7-15(12-14)28-22(30)16-8-2-3-10-18(16)27-23(28)31-13-20(29)26-19-11-5-9-17(24)21(19)25/h2-12H,13H2,1H3,(H,26,29). The van der Waals surface area contributed by atoms with Gasteiger partial charge in [-0.3, -0.25) is 14.2 Å². The summed E-state index contributed by atoms with van der Waals surface area (Å²) < 4.78 is 1.54. The Morgan fingerprint density at radius 3 is 2.65 bits per heavy atom. The van der Waals surface area contributed by atoms with Crippen molar-refractivity contribution in [2.45, 2.75) is 12.1 Å². The maximum absolute atomic E-state index is 13.3. The van der Waals surface area contributed by atoms with Crippen LogP contribution in [0.5, 0.6) is 0 Å². The van der Waals surface area contributed by atoms with E-state index in [1.807, 2.05) is 37.3 Å². The van der Waals surface area contributed by atoms with E-state index in [9.17, 15) is 9.59 Å². The van der Waals surface area contributed by atoms with Crippen molar-refractivity contribution in [1.82, 2.24) is 9.55 Å². The van der Waals surface area contributed by atoms with Crippen LogP contribution in [0.4, 0.5) is 5.69 Å². The maximum Gasteiger partial charge on any atom is 0.266 e. The number of hydrogen-bond donors (Lipinski definition) is 1. The number of aromatic nitrogens is 2. The van der Waals surface area contributed by atoms with Crippen molar-refractivity contribution in [3.05, 3.63) is 92.7 Å². The van der Waals surface area contributed by atoms with Crippen molar-refractivity contribution in [1.29, 1.82) is 0 Å². The summed E-state index contributed by atoms with van der Waals surface area (Å²) in [5, 5.41) is 4.34. The Morgan fingerprint density at radius 1 is 1.06 bits per heavy atom. The zero-order valence-electron chi connectivity index (χ0n) is 16.4. The Bertz CT molecular complexity index is 1350. The molecule has 0 bridgehead atoms. The summed E-state index contributed by atoms with van der Waals surface area (Å²) in [4.78, 5) is 30.5. The lowest BCUT2D eigenvalue weighted by Gasteiger charge is -2.14. The number of thioether (sulfide) groups is 1. The average Bonchev–Trinajstić information content (AvgIpc) is 2.75. The van der Waals surface area contributed by atoms with Crippen molar-refractivity contribution < 1.29 is 4.79 Å². The lowest BCUT2D eigenvalue weighted by atomic mass is 10.2. The van der Waals surface area contributed by atoms with Gasteiger partial charge in [-0.15, -0.1) is 0 Å². The summed E-state index contributed by atoms with van der Waals surface area (Å²) in [7, 11) is 0. The Kier molecular flexibility index (Phi) is 6.32. The van der Waals surface area contributed by atoms with Crippen molar-refractivity contribution in [2.24, 2.45) is 0 Å². The van der Waals surface area contributed by atoms with Crippen molar-refractivity contribution >= 4 is 57.5 Å². The molecule has 1 heterocycles. The van der Waals surface area contributed by atoms with E-state index in [1.54, 1.807) is 41.0 Å². The number of carbonyl (C=O) groups is 1. The molecule has 0 radical (unpaired) electrons. The van der Waals surface area contributed by atoms with E-state index >= 15 is 0 Å². The smallest absolute Gasteiger partial charge is 0.266 e. The van der Waals surface area contributed by atoms with Gasteiger partial charge in [0.15, 0.2) is 5.16 Å². The highest BCUT2D eigenvalue weighted by molar-refractivity contribution is 7.99. The minimum Gasteiger partial charge on any atom is -0.324 e. The molecule has 156 valence electrons. The van der Waals surface area contributed by atoms with Gasteiger partial charge in [0.1, 0.15) is 0 Å². The van der Waals surface area contributed by atoms with Gasteiger partial charge in [0.25, 0.3) is 5.56 Å². The van der Waals surface area contributed by atoms with Crippen LogP contribution in [-0.4, -0.2) is 21.2 Å². The van der Waals surface area contributed by atoms with Gasteiger partial charge in [-0.1, -0.05) is 65.3 Å². The van der Waals surface area contributed by atoms with Gasteiger partial charge >= 0.3 is 0 Å². The zero-order valence-corrected chi connectivity index (χ0v) is 18.8. The molecule has 31 heavy (non-hydrogen) atoms. The molecule has 0 saturated heterocycles. The Balaban J connectivity index is 1.68. The molecule has 0 unspecified atom stereocenters. The van der Waals surface area contributed by atoms with E-state index in [0.29, 0.717) is 32.5 Å². The molecule has 0 saturated carbocycles. The fourth-order valence-corrected chi connectivity index (χ4v) is 4.28. The molecular formula is C23H17Cl2N3O2S. The van der Waals surface area contributed by atoms with E-state index in [1.165, 1.54) is 11.8 Å². The molecule has 0 fully saturated rings. The first-order valence-corrected chi connectivity index (χ1v) is 11.1. The van der Waals surface area contributed by atoms with Crippen LogP contribution >= 0.6 is 35.0 Å². The third-order valence-corrected chi connectivity index (χ3v) is 6.32. The number of nitrogens with zero attached hydrogens (tertiary/aromatic N) is 2. The van der Waals surface area contributed by atoms with Crippen LogP contribution in [0.1, 0.15) is 5.56 Å². The fraction of sp³-hybridized carbons (Fsp3) is 0.0870. The predicted molar refractivity (Wildman–Crippen MR) is 128 cm³/mol. The fourth-order valence-electron chi connectivity index (χ4n) is 3.12. The average molecular weight is 470 g/mol.